The van der Waals surface area contributed by atoms with Crippen LogP contribution >= 0.6 is 0 Å². The molecule has 0 unspecified atom stereocenters. The van der Waals surface area contributed by atoms with Gasteiger partial charge in [-0.15, -0.1) is 0 Å². The van der Waals surface area contributed by atoms with Gasteiger partial charge in [0.2, 0.25) is 0 Å². The largest absolute Gasteiger partial charge is 0.492 e. The molecule has 0 spiro atoms. The number of carbonyl (C=O) groups is 1. The van der Waals surface area contributed by atoms with E-state index >= 15 is 0 Å². The van der Waals surface area contributed by atoms with Crippen LogP contribution in [0, 0.1) is 18.3 Å². The Labute approximate surface area is 164 Å². The minimum Gasteiger partial charge on any atom is -0.492 e. The number of ketones is 1. The lowest BCUT2D eigenvalue weighted by molar-refractivity contribution is 0.0932. The molecule has 138 valence electrons. The van der Waals surface area contributed by atoms with Gasteiger partial charge in [-0.2, -0.15) is 5.26 Å². The molecule has 3 aromatic carbocycles. The van der Waals surface area contributed by atoms with Crippen molar-refractivity contribution in [1.29, 1.82) is 5.26 Å². The van der Waals surface area contributed by atoms with E-state index in [2.05, 4.69) is 6.07 Å². The molecule has 0 aromatic heterocycles. The summed E-state index contributed by atoms with van der Waals surface area (Å²) in [5.74, 6) is 2.16. The number of benzene rings is 3. The normalized spacial score (nSPS) is 12.6. The van der Waals surface area contributed by atoms with E-state index in [-0.39, 0.29) is 5.78 Å². The van der Waals surface area contributed by atoms with Gasteiger partial charge >= 0.3 is 0 Å². The molecular weight excluding hydrogens is 350 g/mol. The minimum atomic E-state index is 0.114. The lowest BCUT2D eigenvalue weighted by atomic mass is 10.0. The number of carbonyl (C=O) groups excluding carboxylic acids is 1. The van der Waals surface area contributed by atoms with Gasteiger partial charge in [0, 0.05) is 12.0 Å². The molecule has 4 rings (SSSR count). The first kappa shape index (κ1) is 17.8. The first-order valence-corrected chi connectivity index (χ1v) is 9.19. The maximum absolute atomic E-state index is 12.0. The number of nitrogens with zero attached hydrogens (tertiary/aromatic N) is 1. The highest BCUT2D eigenvalue weighted by Gasteiger charge is 2.22. The molecule has 0 saturated heterocycles. The third-order valence-electron chi connectivity index (χ3n) is 4.87. The summed E-state index contributed by atoms with van der Waals surface area (Å²) in [7, 11) is 0. The van der Waals surface area contributed by atoms with Crippen LogP contribution in [0.4, 0.5) is 0 Å². The number of fused-ring (bicyclic) bond motifs is 1. The van der Waals surface area contributed by atoms with Crippen LogP contribution in [-0.2, 0) is 6.42 Å². The maximum atomic E-state index is 12.0. The standard InChI is InChI=1S/C24H19NO3/c1-16-23(11-10-21-22(26)12-13-27-24(16)21)28-20-8-6-18(7-9-20)14-17-2-4-19(15-25)5-3-17/h2-11H,12-14H2,1H3. The van der Waals surface area contributed by atoms with Crippen molar-refractivity contribution in [3.05, 3.63) is 88.5 Å². The Balaban J connectivity index is 1.49. The van der Waals surface area contributed by atoms with Crippen molar-refractivity contribution in [1.82, 2.24) is 0 Å². The van der Waals surface area contributed by atoms with E-state index in [1.807, 2.05) is 61.5 Å². The summed E-state index contributed by atoms with van der Waals surface area (Å²) < 4.78 is 11.7. The van der Waals surface area contributed by atoms with Crippen LogP contribution in [0.3, 0.4) is 0 Å². The predicted octanol–water partition coefficient (Wildman–Crippen LogP) is 5.22. The van der Waals surface area contributed by atoms with Gasteiger partial charge in [-0.1, -0.05) is 24.3 Å². The van der Waals surface area contributed by atoms with E-state index in [4.69, 9.17) is 14.7 Å². The molecule has 1 heterocycles. The van der Waals surface area contributed by atoms with E-state index < -0.39 is 0 Å². The Morgan fingerprint density at radius 3 is 2.36 bits per heavy atom. The smallest absolute Gasteiger partial charge is 0.170 e. The van der Waals surface area contributed by atoms with Gasteiger partial charge in [0.25, 0.3) is 0 Å². The van der Waals surface area contributed by atoms with E-state index in [0.29, 0.717) is 35.7 Å². The van der Waals surface area contributed by atoms with Crippen LogP contribution in [0.2, 0.25) is 0 Å². The second-order valence-corrected chi connectivity index (χ2v) is 6.82. The third-order valence-corrected chi connectivity index (χ3v) is 4.87. The minimum absolute atomic E-state index is 0.114. The molecule has 28 heavy (non-hydrogen) atoms. The zero-order valence-electron chi connectivity index (χ0n) is 15.6. The number of hydrogen-bond donors (Lipinski definition) is 0. The summed E-state index contributed by atoms with van der Waals surface area (Å²) in [5.41, 5.74) is 4.45. The maximum Gasteiger partial charge on any atom is 0.170 e. The second kappa shape index (κ2) is 7.58. The summed E-state index contributed by atoms with van der Waals surface area (Å²) in [4.78, 5) is 12.0. The summed E-state index contributed by atoms with van der Waals surface area (Å²) in [6.45, 7) is 2.33. The van der Waals surface area contributed by atoms with Gasteiger partial charge < -0.3 is 9.47 Å². The lowest BCUT2D eigenvalue weighted by Gasteiger charge is -2.20. The van der Waals surface area contributed by atoms with Crippen LogP contribution in [0.15, 0.2) is 60.7 Å². The molecule has 4 nitrogen and oxygen atoms in total. The Morgan fingerprint density at radius 2 is 1.68 bits per heavy atom. The van der Waals surface area contributed by atoms with Gasteiger partial charge in [0.1, 0.15) is 17.2 Å². The van der Waals surface area contributed by atoms with Crippen LogP contribution in [0.1, 0.15) is 39.0 Å². The Morgan fingerprint density at radius 1 is 1.00 bits per heavy atom. The number of nitriles is 1. The zero-order valence-corrected chi connectivity index (χ0v) is 15.6. The zero-order chi connectivity index (χ0) is 19.5. The number of ether oxygens (including phenoxy) is 2. The molecule has 0 amide bonds. The first-order valence-electron chi connectivity index (χ1n) is 9.19. The van der Waals surface area contributed by atoms with Crippen LogP contribution in [0.25, 0.3) is 0 Å². The van der Waals surface area contributed by atoms with Crippen LogP contribution in [0.5, 0.6) is 17.2 Å². The molecule has 3 aromatic rings. The van der Waals surface area contributed by atoms with Crippen molar-refractivity contribution in [2.24, 2.45) is 0 Å². The third kappa shape index (κ3) is 3.60. The van der Waals surface area contributed by atoms with Crippen molar-refractivity contribution < 1.29 is 14.3 Å². The highest BCUT2D eigenvalue weighted by Crippen LogP contribution is 2.36. The van der Waals surface area contributed by atoms with Crippen LogP contribution < -0.4 is 9.47 Å². The Bertz CT molecular complexity index is 1060. The molecule has 4 heteroatoms. The Hall–Kier alpha value is -3.58. The van der Waals surface area contributed by atoms with Crippen molar-refractivity contribution in [3.63, 3.8) is 0 Å². The highest BCUT2D eigenvalue weighted by atomic mass is 16.5. The van der Waals surface area contributed by atoms with Gasteiger partial charge in [0.05, 0.1) is 23.8 Å². The average molecular weight is 369 g/mol. The molecule has 0 radical (unpaired) electrons. The summed E-state index contributed by atoms with van der Waals surface area (Å²) in [5, 5.41) is 8.88. The van der Waals surface area contributed by atoms with Crippen molar-refractivity contribution in [3.8, 4) is 23.3 Å². The molecule has 0 bridgehead atoms. The summed E-state index contributed by atoms with van der Waals surface area (Å²) in [6, 6.07) is 21.3. The Kier molecular flexibility index (Phi) is 4.82. The number of hydrogen-bond acceptors (Lipinski definition) is 4. The fraction of sp³-hybridized carbons (Fsp3) is 0.167. The van der Waals surface area contributed by atoms with Gasteiger partial charge in [0.15, 0.2) is 5.78 Å². The van der Waals surface area contributed by atoms with E-state index in [9.17, 15) is 4.79 Å². The SMILES string of the molecule is Cc1c(Oc2ccc(Cc3ccc(C#N)cc3)cc2)ccc2c1OCCC2=O. The van der Waals surface area contributed by atoms with Crippen molar-refractivity contribution in [2.75, 3.05) is 6.61 Å². The van der Waals surface area contributed by atoms with E-state index in [1.54, 1.807) is 6.07 Å². The lowest BCUT2D eigenvalue weighted by Crippen LogP contribution is -2.16. The summed E-state index contributed by atoms with van der Waals surface area (Å²) >= 11 is 0. The topological polar surface area (TPSA) is 59.3 Å². The molecular formula is C24H19NO3. The fourth-order valence-corrected chi connectivity index (χ4v) is 3.31. The number of rotatable bonds is 4. The van der Waals surface area contributed by atoms with Gasteiger partial charge in [-0.05, 0) is 60.9 Å². The van der Waals surface area contributed by atoms with Gasteiger partial charge in [-0.25, -0.2) is 0 Å². The first-order chi connectivity index (χ1) is 13.6. The monoisotopic (exact) mass is 369 g/mol. The second-order valence-electron chi connectivity index (χ2n) is 6.82. The van der Waals surface area contributed by atoms with Crippen molar-refractivity contribution in [2.45, 2.75) is 19.8 Å². The highest BCUT2D eigenvalue weighted by molar-refractivity contribution is 6.00. The molecule has 0 saturated carbocycles. The van der Waals surface area contributed by atoms with Crippen molar-refractivity contribution >= 4 is 5.78 Å². The molecule has 0 aliphatic carbocycles. The van der Waals surface area contributed by atoms with Crippen LogP contribution in [-0.4, -0.2) is 12.4 Å². The molecule has 0 atom stereocenters. The molecule has 1 aliphatic heterocycles. The fourth-order valence-electron chi connectivity index (χ4n) is 3.31. The molecule has 1 aliphatic rings. The van der Waals surface area contributed by atoms with E-state index in [1.165, 1.54) is 0 Å². The van der Waals surface area contributed by atoms with Gasteiger partial charge in [-0.3, -0.25) is 4.79 Å². The molecule has 0 fully saturated rings. The average Bonchev–Trinajstić information content (AvgIpc) is 2.72. The molecule has 0 N–H and O–H groups in total. The summed E-state index contributed by atoms with van der Waals surface area (Å²) in [6.07, 6.45) is 1.22. The van der Waals surface area contributed by atoms with E-state index in [0.717, 1.165) is 28.9 Å². The quantitative estimate of drug-likeness (QED) is 0.633. The number of Topliss-reactive ketones (excluding diaryl/α,β-unsaturated/α-hetero) is 1. The predicted molar refractivity (Wildman–Crippen MR) is 106 cm³/mol.